The highest BCUT2D eigenvalue weighted by atomic mass is 16.3. The Bertz CT molecular complexity index is 524. The van der Waals surface area contributed by atoms with Crippen LogP contribution in [0.2, 0.25) is 0 Å². The summed E-state index contributed by atoms with van der Waals surface area (Å²) in [6, 6.07) is 8.38. The van der Waals surface area contributed by atoms with Crippen LogP contribution in [-0.4, -0.2) is 4.90 Å². The van der Waals surface area contributed by atoms with Crippen LogP contribution in [0.5, 0.6) is 0 Å². The Labute approximate surface area is 107 Å². The van der Waals surface area contributed by atoms with Crippen LogP contribution in [0.3, 0.4) is 0 Å². The van der Waals surface area contributed by atoms with Gasteiger partial charge in [0.1, 0.15) is 5.70 Å². The number of allylic oxidation sites excluding steroid dienone is 4. The monoisotopic (exact) mass is 240 g/mol. The van der Waals surface area contributed by atoms with E-state index in [1.807, 2.05) is 29.3 Å². The largest absolute Gasteiger partial charge is 0.342 e. The Morgan fingerprint density at radius 2 is 1.94 bits per heavy atom. The van der Waals surface area contributed by atoms with Gasteiger partial charge in [0.2, 0.25) is 0 Å². The summed E-state index contributed by atoms with van der Waals surface area (Å²) in [7, 11) is 0. The van der Waals surface area contributed by atoms with E-state index in [-0.39, 0.29) is 0 Å². The van der Waals surface area contributed by atoms with Gasteiger partial charge in [0, 0.05) is 12.7 Å². The van der Waals surface area contributed by atoms with Crippen LogP contribution in [-0.2, 0) is 6.54 Å². The molecule has 3 heteroatoms. The molecule has 0 unspecified atom stereocenters. The van der Waals surface area contributed by atoms with Gasteiger partial charge in [-0.15, -0.1) is 4.91 Å². The molecule has 0 radical (unpaired) electrons. The van der Waals surface area contributed by atoms with Gasteiger partial charge in [-0.2, -0.15) is 0 Å². The lowest BCUT2D eigenvalue weighted by molar-refractivity contribution is 0.464. The van der Waals surface area contributed by atoms with E-state index < -0.39 is 0 Å². The molecule has 1 heterocycles. The first-order valence-corrected chi connectivity index (χ1v) is 5.92. The summed E-state index contributed by atoms with van der Waals surface area (Å²) in [5, 5.41) is 3.02. The average molecular weight is 240 g/mol. The highest BCUT2D eigenvalue weighted by Gasteiger charge is 2.11. The maximum atomic E-state index is 10.7. The molecule has 2 rings (SSSR count). The van der Waals surface area contributed by atoms with E-state index in [1.54, 1.807) is 6.92 Å². The van der Waals surface area contributed by atoms with Gasteiger partial charge in [-0.1, -0.05) is 35.9 Å². The van der Waals surface area contributed by atoms with Crippen LogP contribution in [0.1, 0.15) is 18.1 Å². The maximum absolute atomic E-state index is 10.7. The van der Waals surface area contributed by atoms with Gasteiger partial charge in [-0.25, -0.2) is 0 Å². The van der Waals surface area contributed by atoms with Gasteiger partial charge in [-0.3, -0.25) is 0 Å². The van der Waals surface area contributed by atoms with Crippen molar-refractivity contribution in [2.45, 2.75) is 20.4 Å². The van der Waals surface area contributed by atoms with Gasteiger partial charge < -0.3 is 4.90 Å². The van der Waals surface area contributed by atoms with Crippen LogP contribution < -0.4 is 0 Å². The molecule has 0 saturated heterocycles. The third-order valence-electron chi connectivity index (χ3n) is 2.92. The molecule has 0 amide bonds. The Balaban J connectivity index is 2.22. The molecule has 0 fully saturated rings. The van der Waals surface area contributed by atoms with Gasteiger partial charge in [0.15, 0.2) is 0 Å². The number of benzene rings is 1. The quantitative estimate of drug-likeness (QED) is 0.751. The van der Waals surface area contributed by atoms with Crippen LogP contribution >= 0.6 is 0 Å². The molecule has 0 aliphatic carbocycles. The van der Waals surface area contributed by atoms with E-state index in [0.717, 1.165) is 12.2 Å². The lowest BCUT2D eigenvalue weighted by Gasteiger charge is -2.24. The molecular formula is C15H16N2O. The molecule has 0 aromatic heterocycles. The zero-order chi connectivity index (χ0) is 13.0. The minimum absolute atomic E-state index is 0.503. The molecule has 0 atom stereocenters. The summed E-state index contributed by atoms with van der Waals surface area (Å²) in [4.78, 5) is 12.7. The van der Waals surface area contributed by atoms with E-state index in [4.69, 9.17) is 0 Å². The summed E-state index contributed by atoms with van der Waals surface area (Å²) in [5.41, 5.74) is 3.81. The van der Waals surface area contributed by atoms with Gasteiger partial charge in [-0.05, 0) is 36.7 Å². The smallest absolute Gasteiger partial charge is 0.105 e. The van der Waals surface area contributed by atoms with Crippen LogP contribution in [0.4, 0.5) is 0 Å². The number of nitroso groups, excluding NO2 is 1. The van der Waals surface area contributed by atoms with Crippen molar-refractivity contribution in [1.82, 2.24) is 4.90 Å². The van der Waals surface area contributed by atoms with Crippen molar-refractivity contribution in [3.05, 3.63) is 76.1 Å². The van der Waals surface area contributed by atoms with E-state index in [0.29, 0.717) is 5.70 Å². The predicted molar refractivity (Wildman–Crippen MR) is 73.5 cm³/mol. The molecule has 0 N–H and O–H groups in total. The summed E-state index contributed by atoms with van der Waals surface area (Å²) < 4.78 is 0. The van der Waals surface area contributed by atoms with E-state index in [2.05, 4.69) is 36.4 Å². The molecule has 1 aromatic rings. The number of rotatable bonds is 3. The SMILES string of the molecule is CC(N=O)=C1C=CC=CN1Cc1ccc(C)cc1. The highest BCUT2D eigenvalue weighted by Crippen LogP contribution is 2.20. The minimum Gasteiger partial charge on any atom is -0.342 e. The minimum atomic E-state index is 0.503. The topological polar surface area (TPSA) is 32.7 Å². The number of nitrogens with zero attached hydrogens (tertiary/aromatic N) is 2. The van der Waals surface area contributed by atoms with E-state index in [1.165, 1.54) is 11.1 Å². The Kier molecular flexibility index (Phi) is 3.72. The molecular weight excluding hydrogens is 224 g/mol. The summed E-state index contributed by atoms with van der Waals surface area (Å²) >= 11 is 0. The van der Waals surface area contributed by atoms with Crippen molar-refractivity contribution in [2.24, 2.45) is 5.18 Å². The van der Waals surface area contributed by atoms with Gasteiger partial charge >= 0.3 is 0 Å². The van der Waals surface area contributed by atoms with Crippen molar-refractivity contribution in [3.63, 3.8) is 0 Å². The fraction of sp³-hybridized carbons (Fsp3) is 0.200. The molecule has 0 spiro atoms. The fourth-order valence-electron chi connectivity index (χ4n) is 1.88. The van der Waals surface area contributed by atoms with Crippen molar-refractivity contribution in [1.29, 1.82) is 0 Å². The van der Waals surface area contributed by atoms with Crippen LogP contribution in [0.25, 0.3) is 0 Å². The average Bonchev–Trinajstić information content (AvgIpc) is 2.41. The van der Waals surface area contributed by atoms with Crippen molar-refractivity contribution in [3.8, 4) is 0 Å². The first-order valence-electron chi connectivity index (χ1n) is 5.92. The molecule has 92 valence electrons. The Morgan fingerprint density at radius 1 is 1.22 bits per heavy atom. The fourth-order valence-corrected chi connectivity index (χ4v) is 1.88. The summed E-state index contributed by atoms with van der Waals surface area (Å²) in [6.45, 7) is 4.54. The van der Waals surface area contributed by atoms with Gasteiger partial charge in [0.25, 0.3) is 0 Å². The predicted octanol–water partition coefficient (Wildman–Crippen LogP) is 3.88. The molecule has 0 bridgehead atoms. The lowest BCUT2D eigenvalue weighted by atomic mass is 10.1. The molecule has 18 heavy (non-hydrogen) atoms. The zero-order valence-electron chi connectivity index (χ0n) is 10.6. The number of hydrogen-bond acceptors (Lipinski definition) is 3. The Morgan fingerprint density at radius 3 is 2.61 bits per heavy atom. The first kappa shape index (κ1) is 12.3. The third-order valence-corrected chi connectivity index (χ3v) is 2.92. The second-order valence-electron chi connectivity index (χ2n) is 4.38. The summed E-state index contributed by atoms with van der Waals surface area (Å²) in [5.74, 6) is 0. The summed E-state index contributed by atoms with van der Waals surface area (Å²) in [6.07, 6.45) is 7.74. The van der Waals surface area contributed by atoms with Crippen LogP contribution in [0, 0.1) is 11.8 Å². The number of hydrogen-bond donors (Lipinski definition) is 0. The highest BCUT2D eigenvalue weighted by molar-refractivity contribution is 5.32. The van der Waals surface area contributed by atoms with Crippen molar-refractivity contribution in [2.75, 3.05) is 0 Å². The molecule has 1 aliphatic heterocycles. The second kappa shape index (κ2) is 5.45. The van der Waals surface area contributed by atoms with Crippen molar-refractivity contribution < 1.29 is 0 Å². The van der Waals surface area contributed by atoms with Crippen molar-refractivity contribution >= 4 is 0 Å². The normalized spacial score (nSPS) is 16.9. The van der Waals surface area contributed by atoms with Gasteiger partial charge in [0.05, 0.1) is 5.70 Å². The molecule has 1 aliphatic rings. The second-order valence-corrected chi connectivity index (χ2v) is 4.38. The van der Waals surface area contributed by atoms with E-state index in [9.17, 15) is 4.91 Å². The Hall–Kier alpha value is -2.16. The lowest BCUT2D eigenvalue weighted by Crippen LogP contribution is -2.17. The molecule has 1 aromatic carbocycles. The molecule has 3 nitrogen and oxygen atoms in total. The van der Waals surface area contributed by atoms with E-state index >= 15 is 0 Å². The first-order chi connectivity index (χ1) is 8.70. The molecule has 0 saturated carbocycles. The third kappa shape index (κ3) is 2.74. The zero-order valence-corrected chi connectivity index (χ0v) is 10.6. The maximum Gasteiger partial charge on any atom is 0.105 e. The standard InChI is InChI=1S/C15H16N2O/c1-12-6-8-14(9-7-12)11-17-10-4-3-5-15(17)13(2)16-18/h3-10H,11H2,1-2H3. The van der Waals surface area contributed by atoms with Crippen LogP contribution in [0.15, 0.2) is 65.3 Å². The number of aryl methyl sites for hydroxylation is 1.